The van der Waals surface area contributed by atoms with E-state index in [-0.39, 0.29) is 17.6 Å². The first-order valence-electron chi connectivity index (χ1n) is 11.1. The molecular formula is C27H23BrN4O2S. The highest BCUT2D eigenvalue weighted by Crippen LogP contribution is 2.44. The smallest absolute Gasteiger partial charge is 0.337 e. The fourth-order valence-electron chi connectivity index (χ4n) is 4.86. The second-order valence-electron chi connectivity index (χ2n) is 8.46. The van der Waals surface area contributed by atoms with Crippen molar-refractivity contribution in [3.63, 3.8) is 0 Å². The van der Waals surface area contributed by atoms with Crippen molar-refractivity contribution in [1.29, 1.82) is 0 Å². The maximum Gasteiger partial charge on any atom is 0.337 e. The largest absolute Gasteiger partial charge is 0.478 e. The third kappa shape index (κ3) is 4.13. The second kappa shape index (κ2) is 9.28. The number of carboxylic acid groups (broad SMARTS) is 1. The van der Waals surface area contributed by atoms with Gasteiger partial charge in [0.25, 0.3) is 0 Å². The number of anilines is 1. The number of rotatable bonds is 5. The third-order valence-corrected chi connectivity index (χ3v) is 7.21. The summed E-state index contributed by atoms with van der Waals surface area (Å²) in [5.41, 5.74) is 5.69. The number of hydrogen-bond donors (Lipinski definition) is 2. The number of hydrogen-bond acceptors (Lipinski definition) is 3. The standard InChI is InChI=1S/C27H23BrN4O2S/c1-16-15-21(17(2)31(16)23-9-4-3-7-20(23)26(33)34)25-24(22-8-5-6-14-29-22)30-27(35)32(25)19-12-10-18(28)11-13-19/h3-15,24-25H,1-2H3,(H,30,35)(H,33,34)/t24-,25+/m0/s1. The van der Waals surface area contributed by atoms with Gasteiger partial charge in [0, 0.05) is 27.7 Å². The van der Waals surface area contributed by atoms with Crippen molar-refractivity contribution in [2.75, 3.05) is 4.90 Å². The number of thiocarbonyl (C=S) groups is 1. The maximum atomic E-state index is 12.0. The zero-order valence-corrected chi connectivity index (χ0v) is 21.5. The van der Waals surface area contributed by atoms with Crippen LogP contribution in [0.25, 0.3) is 5.69 Å². The summed E-state index contributed by atoms with van der Waals surface area (Å²) in [5.74, 6) is -0.957. The molecule has 35 heavy (non-hydrogen) atoms. The Morgan fingerprint density at radius 3 is 2.46 bits per heavy atom. The van der Waals surface area contributed by atoms with Crippen LogP contribution in [-0.4, -0.2) is 25.7 Å². The van der Waals surface area contributed by atoms with Gasteiger partial charge in [-0.1, -0.05) is 34.1 Å². The Labute approximate surface area is 217 Å². The average molecular weight is 547 g/mol. The van der Waals surface area contributed by atoms with Crippen molar-refractivity contribution in [2.45, 2.75) is 25.9 Å². The Bertz CT molecular complexity index is 1420. The van der Waals surface area contributed by atoms with Gasteiger partial charge in [-0.05, 0) is 86.2 Å². The van der Waals surface area contributed by atoms with Crippen molar-refractivity contribution in [1.82, 2.24) is 14.9 Å². The molecule has 1 aliphatic heterocycles. The van der Waals surface area contributed by atoms with Crippen LogP contribution in [-0.2, 0) is 0 Å². The summed E-state index contributed by atoms with van der Waals surface area (Å²) in [4.78, 5) is 18.7. The van der Waals surface area contributed by atoms with Gasteiger partial charge in [0.05, 0.1) is 29.0 Å². The van der Waals surface area contributed by atoms with E-state index in [2.05, 4.69) is 37.2 Å². The molecule has 8 heteroatoms. The molecule has 4 aromatic rings. The highest BCUT2D eigenvalue weighted by atomic mass is 79.9. The minimum atomic E-state index is -0.957. The Morgan fingerprint density at radius 2 is 1.77 bits per heavy atom. The Balaban J connectivity index is 1.70. The monoisotopic (exact) mass is 546 g/mol. The SMILES string of the molecule is Cc1cc([C@@H]2[C@H](c3ccccn3)NC(=S)N2c2ccc(Br)cc2)c(C)n1-c1ccccc1C(=O)O. The van der Waals surface area contributed by atoms with Crippen LogP contribution in [0, 0.1) is 13.8 Å². The molecule has 0 unspecified atom stereocenters. The van der Waals surface area contributed by atoms with Gasteiger partial charge in [0.1, 0.15) is 0 Å². The fourth-order valence-corrected chi connectivity index (χ4v) is 5.47. The van der Waals surface area contributed by atoms with Crippen molar-refractivity contribution >= 4 is 44.9 Å². The number of aromatic nitrogens is 2. The van der Waals surface area contributed by atoms with Crippen LogP contribution < -0.4 is 10.2 Å². The zero-order valence-electron chi connectivity index (χ0n) is 19.1. The molecule has 1 aliphatic rings. The van der Waals surface area contributed by atoms with Crippen LogP contribution in [0.5, 0.6) is 0 Å². The predicted molar refractivity (Wildman–Crippen MR) is 144 cm³/mol. The quantitative estimate of drug-likeness (QED) is 0.293. The van der Waals surface area contributed by atoms with Gasteiger partial charge in [0.2, 0.25) is 0 Å². The number of aromatic carboxylic acids is 1. The number of aryl methyl sites for hydroxylation is 1. The number of pyridine rings is 1. The van der Waals surface area contributed by atoms with E-state index in [1.807, 2.05) is 73.0 Å². The summed E-state index contributed by atoms with van der Waals surface area (Å²) in [5, 5.41) is 13.9. The van der Waals surface area contributed by atoms with E-state index in [1.165, 1.54) is 0 Å². The van der Waals surface area contributed by atoms with Crippen LogP contribution in [0.2, 0.25) is 0 Å². The van der Waals surface area contributed by atoms with E-state index in [0.29, 0.717) is 10.8 Å². The molecule has 1 saturated heterocycles. The number of nitrogens with one attached hydrogen (secondary N) is 1. The minimum absolute atomic E-state index is 0.184. The lowest BCUT2D eigenvalue weighted by atomic mass is 9.96. The molecule has 0 aliphatic carbocycles. The first-order chi connectivity index (χ1) is 16.9. The number of halogens is 1. The molecule has 1 fully saturated rings. The van der Waals surface area contributed by atoms with Crippen molar-refractivity contribution in [3.05, 3.63) is 112 Å². The molecular weight excluding hydrogens is 524 g/mol. The highest BCUT2D eigenvalue weighted by molar-refractivity contribution is 9.10. The summed E-state index contributed by atoms with van der Waals surface area (Å²) < 4.78 is 3.00. The lowest BCUT2D eigenvalue weighted by Crippen LogP contribution is -2.29. The minimum Gasteiger partial charge on any atom is -0.478 e. The summed E-state index contributed by atoms with van der Waals surface area (Å²) in [7, 11) is 0. The average Bonchev–Trinajstić information content (AvgIpc) is 3.35. The Kier molecular flexibility index (Phi) is 6.17. The molecule has 5 rings (SSSR count). The van der Waals surface area contributed by atoms with E-state index < -0.39 is 5.97 Å². The molecule has 0 bridgehead atoms. The Morgan fingerprint density at radius 1 is 1.06 bits per heavy atom. The Hall–Kier alpha value is -3.49. The van der Waals surface area contributed by atoms with E-state index in [1.54, 1.807) is 18.3 Å². The van der Waals surface area contributed by atoms with E-state index in [0.717, 1.165) is 32.8 Å². The van der Waals surface area contributed by atoms with Gasteiger partial charge in [0.15, 0.2) is 5.11 Å². The zero-order chi connectivity index (χ0) is 24.7. The van der Waals surface area contributed by atoms with E-state index in [4.69, 9.17) is 12.2 Å². The van der Waals surface area contributed by atoms with Crippen molar-refractivity contribution < 1.29 is 9.90 Å². The fraction of sp³-hybridized carbons (Fsp3) is 0.148. The van der Waals surface area contributed by atoms with Gasteiger partial charge >= 0.3 is 5.97 Å². The van der Waals surface area contributed by atoms with Gasteiger partial charge in [-0.15, -0.1) is 0 Å². The van der Waals surface area contributed by atoms with Crippen LogP contribution in [0.1, 0.15) is 45.1 Å². The lowest BCUT2D eigenvalue weighted by molar-refractivity contribution is 0.0697. The molecule has 6 nitrogen and oxygen atoms in total. The van der Waals surface area contributed by atoms with E-state index >= 15 is 0 Å². The van der Waals surface area contributed by atoms with Gasteiger partial charge in [-0.3, -0.25) is 4.98 Å². The molecule has 0 amide bonds. The second-order valence-corrected chi connectivity index (χ2v) is 9.76. The number of para-hydroxylation sites is 1. The summed E-state index contributed by atoms with van der Waals surface area (Å²) in [6.07, 6.45) is 1.78. The van der Waals surface area contributed by atoms with Crippen LogP contribution in [0.3, 0.4) is 0 Å². The van der Waals surface area contributed by atoms with Gasteiger partial charge in [-0.2, -0.15) is 0 Å². The molecule has 0 spiro atoms. The molecule has 2 N–H and O–H groups in total. The summed E-state index contributed by atoms with van der Waals surface area (Å²) >= 11 is 9.35. The van der Waals surface area contributed by atoms with Crippen molar-refractivity contribution in [2.24, 2.45) is 0 Å². The molecule has 2 aromatic carbocycles. The number of carboxylic acids is 1. The molecule has 3 heterocycles. The third-order valence-electron chi connectivity index (χ3n) is 6.37. The lowest BCUT2D eigenvalue weighted by Gasteiger charge is -2.28. The van der Waals surface area contributed by atoms with Crippen molar-refractivity contribution in [3.8, 4) is 5.69 Å². The molecule has 0 radical (unpaired) electrons. The number of carbonyl (C=O) groups is 1. The first kappa shape index (κ1) is 23.3. The number of benzene rings is 2. The summed E-state index contributed by atoms with van der Waals surface area (Å²) in [6, 6.07) is 22.7. The molecule has 176 valence electrons. The van der Waals surface area contributed by atoms with Crippen LogP contribution in [0.15, 0.2) is 83.5 Å². The van der Waals surface area contributed by atoms with E-state index in [9.17, 15) is 9.90 Å². The molecule has 2 atom stereocenters. The van der Waals surface area contributed by atoms with Crippen LogP contribution >= 0.6 is 28.1 Å². The maximum absolute atomic E-state index is 12.0. The normalized spacial score (nSPS) is 17.5. The van der Waals surface area contributed by atoms with Crippen LogP contribution in [0.4, 0.5) is 5.69 Å². The summed E-state index contributed by atoms with van der Waals surface area (Å²) in [6.45, 7) is 4.02. The predicted octanol–water partition coefficient (Wildman–Crippen LogP) is 6.13. The van der Waals surface area contributed by atoms with Gasteiger partial charge in [-0.25, -0.2) is 4.79 Å². The highest BCUT2D eigenvalue weighted by Gasteiger charge is 2.42. The first-order valence-corrected chi connectivity index (χ1v) is 12.3. The van der Waals surface area contributed by atoms with Gasteiger partial charge < -0.3 is 19.9 Å². The molecule has 2 aromatic heterocycles. The molecule has 0 saturated carbocycles. The topological polar surface area (TPSA) is 70.4 Å². The number of nitrogens with zero attached hydrogens (tertiary/aromatic N) is 3.